The molecular formula is C22H23ClF4N4O3. The van der Waals surface area contributed by atoms with Crippen molar-refractivity contribution in [3.8, 4) is 16.9 Å². The van der Waals surface area contributed by atoms with Gasteiger partial charge in [-0.15, -0.1) is 12.4 Å². The van der Waals surface area contributed by atoms with E-state index in [1.54, 1.807) is 13.0 Å². The summed E-state index contributed by atoms with van der Waals surface area (Å²) in [5, 5.41) is 8.34. The van der Waals surface area contributed by atoms with Gasteiger partial charge in [-0.2, -0.15) is 18.3 Å². The number of hydrogen-bond donors (Lipinski definition) is 3. The molecule has 3 N–H and O–H groups in total. The Morgan fingerprint density at radius 3 is 2.47 bits per heavy atom. The van der Waals surface area contributed by atoms with Crippen LogP contribution in [0.25, 0.3) is 11.1 Å². The largest absolute Gasteiger partial charge is 0.488 e. The fourth-order valence-corrected chi connectivity index (χ4v) is 2.98. The van der Waals surface area contributed by atoms with E-state index >= 15 is 0 Å². The third kappa shape index (κ3) is 5.77. The Balaban J connectivity index is 0.00000408. The highest BCUT2D eigenvalue weighted by molar-refractivity contribution is 5.91. The molecule has 3 rings (SSSR count). The van der Waals surface area contributed by atoms with Crippen LogP contribution in [0.5, 0.6) is 5.75 Å². The summed E-state index contributed by atoms with van der Waals surface area (Å²) >= 11 is 0. The standard InChI is InChI=1S/C22H22F4N4O3.ClH/c1-4-33-16-8-14(11-27-20(16)32)12-5-6-13(15(23)7-12)9-19(31)28-18-10-17(29-30-18)21(2,3)22(24,25)26;/h5-8,10-11H,4,9H2,1-3H3,(H,27,32)(H2,28,29,30,31);1H. The van der Waals surface area contributed by atoms with Crippen molar-refractivity contribution in [1.29, 1.82) is 0 Å². The van der Waals surface area contributed by atoms with Gasteiger partial charge in [-0.3, -0.25) is 14.7 Å². The molecule has 1 amide bonds. The van der Waals surface area contributed by atoms with E-state index in [1.165, 1.54) is 24.4 Å². The summed E-state index contributed by atoms with van der Waals surface area (Å²) in [7, 11) is 0. The molecule has 34 heavy (non-hydrogen) atoms. The molecule has 0 unspecified atom stereocenters. The molecule has 1 aromatic carbocycles. The van der Waals surface area contributed by atoms with Crippen LogP contribution < -0.4 is 15.6 Å². The lowest BCUT2D eigenvalue weighted by molar-refractivity contribution is -0.181. The maximum absolute atomic E-state index is 14.6. The smallest absolute Gasteiger partial charge is 0.399 e. The number of hydrogen-bond acceptors (Lipinski definition) is 4. The van der Waals surface area contributed by atoms with Crippen LogP contribution in [0.4, 0.5) is 23.4 Å². The highest BCUT2D eigenvalue weighted by atomic mass is 35.5. The fraction of sp³-hybridized carbons (Fsp3) is 0.318. The number of ether oxygens (including phenoxy) is 1. The van der Waals surface area contributed by atoms with Crippen molar-refractivity contribution < 1.29 is 27.1 Å². The quantitative estimate of drug-likeness (QED) is 0.406. The second-order valence-corrected chi connectivity index (χ2v) is 7.84. The third-order valence-corrected chi connectivity index (χ3v) is 5.13. The van der Waals surface area contributed by atoms with Gasteiger partial charge in [0.1, 0.15) is 11.2 Å². The molecule has 0 saturated carbocycles. The third-order valence-electron chi connectivity index (χ3n) is 5.13. The Labute approximate surface area is 198 Å². The topological polar surface area (TPSA) is 99.9 Å². The molecule has 3 aromatic rings. The lowest BCUT2D eigenvalue weighted by Gasteiger charge is -2.25. The van der Waals surface area contributed by atoms with Crippen molar-refractivity contribution in [2.75, 3.05) is 11.9 Å². The predicted octanol–water partition coefficient (Wildman–Crippen LogP) is 4.75. The van der Waals surface area contributed by atoms with Crippen LogP contribution in [0.2, 0.25) is 0 Å². The number of halogens is 5. The number of H-pyrrole nitrogens is 2. The van der Waals surface area contributed by atoms with Crippen molar-refractivity contribution in [2.24, 2.45) is 0 Å². The van der Waals surface area contributed by atoms with Crippen LogP contribution in [0.1, 0.15) is 32.0 Å². The lowest BCUT2D eigenvalue weighted by Crippen LogP contribution is -2.36. The van der Waals surface area contributed by atoms with Crippen molar-refractivity contribution in [1.82, 2.24) is 15.2 Å². The second kappa shape index (κ2) is 10.3. The average molecular weight is 503 g/mol. The molecule has 0 bridgehead atoms. The first-order valence-electron chi connectivity index (χ1n) is 9.99. The molecule has 0 aliphatic carbocycles. The van der Waals surface area contributed by atoms with Crippen LogP contribution in [-0.2, 0) is 16.6 Å². The molecule has 12 heteroatoms. The molecule has 0 spiro atoms. The van der Waals surface area contributed by atoms with Gasteiger partial charge in [-0.1, -0.05) is 12.1 Å². The number of nitrogens with zero attached hydrogens (tertiary/aromatic N) is 1. The fourth-order valence-electron chi connectivity index (χ4n) is 2.98. The number of anilines is 1. The first kappa shape index (κ1) is 26.9. The van der Waals surface area contributed by atoms with Crippen LogP contribution >= 0.6 is 12.4 Å². The van der Waals surface area contributed by atoms with Gasteiger partial charge in [-0.25, -0.2) is 4.39 Å². The van der Waals surface area contributed by atoms with E-state index in [9.17, 15) is 27.2 Å². The summed E-state index contributed by atoms with van der Waals surface area (Å²) in [6, 6.07) is 6.79. The van der Waals surface area contributed by atoms with Crippen LogP contribution in [0, 0.1) is 5.82 Å². The summed E-state index contributed by atoms with van der Waals surface area (Å²) in [6.07, 6.45) is -3.45. The maximum Gasteiger partial charge on any atom is 0.399 e. The van der Waals surface area contributed by atoms with E-state index < -0.39 is 28.9 Å². The number of pyridine rings is 1. The minimum Gasteiger partial charge on any atom is -0.488 e. The molecule has 0 fully saturated rings. The van der Waals surface area contributed by atoms with Gasteiger partial charge in [0.15, 0.2) is 11.6 Å². The number of carbonyl (C=O) groups excluding carboxylic acids is 1. The van der Waals surface area contributed by atoms with E-state index in [0.29, 0.717) is 17.7 Å². The number of alkyl halides is 3. The number of rotatable bonds is 7. The van der Waals surface area contributed by atoms with Gasteiger partial charge in [0.05, 0.1) is 18.7 Å². The Morgan fingerprint density at radius 1 is 1.15 bits per heavy atom. The first-order chi connectivity index (χ1) is 15.4. The minimum atomic E-state index is -4.51. The molecule has 2 aromatic heterocycles. The van der Waals surface area contributed by atoms with Gasteiger partial charge < -0.3 is 15.0 Å². The molecular weight excluding hydrogens is 480 g/mol. The Morgan fingerprint density at radius 2 is 1.85 bits per heavy atom. The van der Waals surface area contributed by atoms with Crippen LogP contribution in [0.15, 0.2) is 41.3 Å². The van der Waals surface area contributed by atoms with E-state index in [2.05, 4.69) is 20.5 Å². The van der Waals surface area contributed by atoms with Gasteiger partial charge in [-0.05, 0) is 44.0 Å². The van der Waals surface area contributed by atoms with Crippen molar-refractivity contribution in [3.63, 3.8) is 0 Å². The van der Waals surface area contributed by atoms with E-state index in [0.717, 1.165) is 19.9 Å². The van der Waals surface area contributed by atoms with Gasteiger partial charge >= 0.3 is 6.18 Å². The van der Waals surface area contributed by atoms with Crippen LogP contribution in [0.3, 0.4) is 0 Å². The van der Waals surface area contributed by atoms with Gasteiger partial charge in [0.2, 0.25) is 5.91 Å². The Hall–Kier alpha value is -3.34. The highest BCUT2D eigenvalue weighted by Crippen LogP contribution is 2.40. The molecule has 0 aliphatic rings. The van der Waals surface area contributed by atoms with Crippen molar-refractivity contribution in [3.05, 3.63) is 64.0 Å². The summed E-state index contributed by atoms with van der Waals surface area (Å²) in [5.41, 5.74) is -1.75. The minimum absolute atomic E-state index is 0. The lowest BCUT2D eigenvalue weighted by atomic mass is 9.89. The van der Waals surface area contributed by atoms with Crippen molar-refractivity contribution in [2.45, 2.75) is 38.8 Å². The first-order valence-corrected chi connectivity index (χ1v) is 9.99. The van der Waals surface area contributed by atoms with Crippen molar-refractivity contribution >= 4 is 24.1 Å². The molecule has 7 nitrogen and oxygen atoms in total. The normalized spacial score (nSPS) is 11.6. The monoisotopic (exact) mass is 502 g/mol. The zero-order valence-electron chi connectivity index (χ0n) is 18.5. The van der Waals surface area contributed by atoms with Gasteiger partial charge in [0.25, 0.3) is 5.56 Å². The molecule has 2 heterocycles. The number of aromatic nitrogens is 3. The predicted molar refractivity (Wildman–Crippen MR) is 121 cm³/mol. The number of amides is 1. The SMILES string of the molecule is CCOc1cc(-c2ccc(CC(=O)Nc3cc(C(C)(C)C(F)(F)F)[nH]n3)c(F)c2)c[nH]c1=O.Cl. The zero-order valence-corrected chi connectivity index (χ0v) is 19.3. The summed E-state index contributed by atoms with van der Waals surface area (Å²) in [5.74, 6) is -1.30. The second-order valence-electron chi connectivity index (χ2n) is 7.84. The Kier molecular flexibility index (Phi) is 8.14. The highest BCUT2D eigenvalue weighted by Gasteiger charge is 2.49. The summed E-state index contributed by atoms with van der Waals surface area (Å²) in [4.78, 5) is 26.5. The number of nitrogens with one attached hydrogen (secondary N) is 3. The number of carbonyl (C=O) groups is 1. The average Bonchev–Trinajstić information content (AvgIpc) is 3.19. The van der Waals surface area contributed by atoms with E-state index in [-0.39, 0.29) is 41.7 Å². The molecule has 0 atom stereocenters. The van der Waals surface area contributed by atoms with E-state index in [1.807, 2.05) is 0 Å². The summed E-state index contributed by atoms with van der Waals surface area (Å²) in [6.45, 7) is 4.00. The molecule has 0 saturated heterocycles. The number of aromatic amines is 2. The number of benzene rings is 1. The maximum atomic E-state index is 14.6. The van der Waals surface area contributed by atoms with Crippen LogP contribution in [-0.4, -0.2) is 33.9 Å². The van der Waals surface area contributed by atoms with Gasteiger partial charge in [0, 0.05) is 17.8 Å². The molecule has 0 radical (unpaired) electrons. The molecule has 184 valence electrons. The molecule has 0 aliphatic heterocycles. The summed E-state index contributed by atoms with van der Waals surface area (Å²) < 4.78 is 59.3. The zero-order chi connectivity index (χ0) is 24.4. The van der Waals surface area contributed by atoms with E-state index in [4.69, 9.17) is 4.74 Å². The Bertz CT molecular complexity index is 1220.